The fraction of sp³-hybridized carbons (Fsp3) is 0. The number of fused-ring (bicyclic) bond motifs is 1. The lowest BCUT2D eigenvalue weighted by Crippen LogP contribution is -1.72. The number of nitrogens with zero attached hydrogens (tertiary/aromatic N) is 1. The molecule has 0 saturated heterocycles. The van der Waals surface area contributed by atoms with E-state index >= 15 is 0 Å². The first-order valence-electron chi connectivity index (χ1n) is 3.17. The second kappa shape index (κ2) is 2.10. The van der Waals surface area contributed by atoms with E-state index in [1.54, 1.807) is 6.20 Å². The van der Waals surface area contributed by atoms with E-state index < -0.39 is 0 Å². The molecular weight excluding hydrogens is 122 g/mol. The SMILES string of the molecule is [c]1cccc2ccncc12. The predicted octanol–water partition coefficient (Wildman–Crippen LogP) is 2.03. The fourth-order valence-electron chi connectivity index (χ4n) is 0.961. The van der Waals surface area contributed by atoms with Gasteiger partial charge >= 0.3 is 0 Å². The molecule has 0 saturated carbocycles. The molecule has 0 bridgehead atoms. The van der Waals surface area contributed by atoms with Crippen LogP contribution in [0.4, 0.5) is 0 Å². The third-order valence-electron chi connectivity index (χ3n) is 1.47. The van der Waals surface area contributed by atoms with Gasteiger partial charge in [-0.2, -0.15) is 0 Å². The van der Waals surface area contributed by atoms with Crippen LogP contribution in [0, 0.1) is 6.07 Å². The van der Waals surface area contributed by atoms with Crippen LogP contribution in [0.25, 0.3) is 10.8 Å². The summed E-state index contributed by atoms with van der Waals surface area (Å²) in [5, 5.41) is 2.27. The second-order valence-electron chi connectivity index (χ2n) is 2.13. The van der Waals surface area contributed by atoms with Crippen molar-refractivity contribution in [1.82, 2.24) is 4.98 Å². The molecule has 1 radical (unpaired) electrons. The third kappa shape index (κ3) is 0.760. The van der Waals surface area contributed by atoms with E-state index in [9.17, 15) is 0 Å². The van der Waals surface area contributed by atoms with Gasteiger partial charge in [0.2, 0.25) is 0 Å². The van der Waals surface area contributed by atoms with Crippen LogP contribution in [0.5, 0.6) is 0 Å². The summed E-state index contributed by atoms with van der Waals surface area (Å²) in [6.45, 7) is 0. The highest BCUT2D eigenvalue weighted by atomic mass is 14.6. The van der Waals surface area contributed by atoms with Crippen LogP contribution in [0.1, 0.15) is 0 Å². The number of hydrogen-bond acceptors (Lipinski definition) is 1. The van der Waals surface area contributed by atoms with Crippen molar-refractivity contribution in [3.8, 4) is 0 Å². The van der Waals surface area contributed by atoms with Crippen molar-refractivity contribution in [1.29, 1.82) is 0 Å². The van der Waals surface area contributed by atoms with E-state index in [2.05, 4.69) is 11.1 Å². The van der Waals surface area contributed by atoms with Gasteiger partial charge in [-0.15, -0.1) is 0 Å². The maximum absolute atomic E-state index is 3.98. The van der Waals surface area contributed by atoms with Crippen molar-refractivity contribution in [2.75, 3.05) is 0 Å². The molecule has 2 aromatic rings. The summed E-state index contributed by atoms with van der Waals surface area (Å²) >= 11 is 0. The van der Waals surface area contributed by atoms with Gasteiger partial charge in [-0.05, 0) is 17.5 Å². The Bertz CT molecular complexity index is 276. The van der Waals surface area contributed by atoms with Gasteiger partial charge in [0, 0.05) is 17.8 Å². The van der Waals surface area contributed by atoms with Gasteiger partial charge < -0.3 is 0 Å². The molecule has 0 aliphatic rings. The highest BCUT2D eigenvalue weighted by Crippen LogP contribution is 2.08. The molecule has 10 heavy (non-hydrogen) atoms. The summed E-state index contributed by atoms with van der Waals surface area (Å²) in [6.07, 6.45) is 3.60. The molecule has 0 amide bonds. The van der Waals surface area contributed by atoms with Gasteiger partial charge in [0.15, 0.2) is 0 Å². The summed E-state index contributed by atoms with van der Waals surface area (Å²) in [5.41, 5.74) is 0. The molecule has 0 aliphatic carbocycles. The quantitative estimate of drug-likeness (QED) is 0.529. The van der Waals surface area contributed by atoms with E-state index in [0.717, 1.165) is 5.39 Å². The van der Waals surface area contributed by atoms with Crippen molar-refractivity contribution >= 4 is 10.8 Å². The van der Waals surface area contributed by atoms with E-state index in [1.807, 2.05) is 30.5 Å². The van der Waals surface area contributed by atoms with Gasteiger partial charge in [-0.1, -0.05) is 18.2 Å². The Balaban J connectivity index is 2.89. The lowest BCUT2D eigenvalue weighted by Gasteiger charge is -1.91. The minimum Gasteiger partial charge on any atom is -0.264 e. The topological polar surface area (TPSA) is 12.9 Å². The first-order chi connectivity index (χ1) is 4.97. The Hall–Kier alpha value is -1.37. The van der Waals surface area contributed by atoms with Crippen molar-refractivity contribution in [2.45, 2.75) is 0 Å². The van der Waals surface area contributed by atoms with Crippen LogP contribution in [0.15, 0.2) is 36.7 Å². The molecule has 1 aromatic heterocycles. The molecule has 1 heterocycles. The largest absolute Gasteiger partial charge is 0.264 e. The average Bonchev–Trinajstić information content (AvgIpc) is 2.05. The van der Waals surface area contributed by atoms with E-state index in [0.29, 0.717) is 0 Å². The molecule has 1 heteroatoms. The Morgan fingerprint density at radius 2 is 2.30 bits per heavy atom. The molecule has 1 aromatic carbocycles. The molecule has 0 N–H and O–H groups in total. The molecule has 0 fully saturated rings. The van der Waals surface area contributed by atoms with E-state index in [-0.39, 0.29) is 0 Å². The normalized spacial score (nSPS) is 10.0. The maximum atomic E-state index is 3.98. The zero-order valence-corrected chi connectivity index (χ0v) is 5.41. The first-order valence-corrected chi connectivity index (χ1v) is 3.17. The summed E-state index contributed by atoms with van der Waals surface area (Å²) in [4.78, 5) is 3.98. The Morgan fingerprint density at radius 3 is 3.20 bits per heavy atom. The highest BCUT2D eigenvalue weighted by molar-refractivity contribution is 5.80. The van der Waals surface area contributed by atoms with Crippen LogP contribution in [-0.2, 0) is 0 Å². The fourth-order valence-corrected chi connectivity index (χ4v) is 0.961. The van der Waals surface area contributed by atoms with Crippen LogP contribution < -0.4 is 0 Å². The molecule has 0 aliphatic heterocycles. The number of aromatic nitrogens is 1. The third-order valence-corrected chi connectivity index (χ3v) is 1.47. The lowest BCUT2D eigenvalue weighted by molar-refractivity contribution is 1.36. The monoisotopic (exact) mass is 128 g/mol. The minimum atomic E-state index is 1.07. The zero-order valence-electron chi connectivity index (χ0n) is 5.41. The van der Waals surface area contributed by atoms with Gasteiger partial charge in [-0.25, -0.2) is 0 Å². The van der Waals surface area contributed by atoms with Gasteiger partial charge in [0.05, 0.1) is 0 Å². The minimum absolute atomic E-state index is 1.07. The van der Waals surface area contributed by atoms with Crippen molar-refractivity contribution in [3.05, 3.63) is 42.7 Å². The second-order valence-corrected chi connectivity index (χ2v) is 2.13. The summed E-state index contributed by atoms with van der Waals surface area (Å²) in [7, 11) is 0. The molecule has 1 nitrogen and oxygen atoms in total. The molecule has 0 atom stereocenters. The summed E-state index contributed by atoms with van der Waals surface area (Å²) < 4.78 is 0. The standard InChI is InChI=1S/C9H6N/c1-2-4-9-7-10-6-5-8(9)3-1/h1-3,5-7H. The van der Waals surface area contributed by atoms with Crippen molar-refractivity contribution in [3.63, 3.8) is 0 Å². The van der Waals surface area contributed by atoms with Crippen LogP contribution >= 0.6 is 0 Å². The van der Waals surface area contributed by atoms with Gasteiger partial charge in [0.25, 0.3) is 0 Å². The van der Waals surface area contributed by atoms with Crippen molar-refractivity contribution < 1.29 is 0 Å². The van der Waals surface area contributed by atoms with E-state index in [4.69, 9.17) is 0 Å². The lowest BCUT2D eigenvalue weighted by atomic mass is 10.2. The number of rotatable bonds is 0. The molecular formula is C9H6N. The van der Waals surface area contributed by atoms with E-state index in [1.165, 1.54) is 5.39 Å². The molecule has 2 rings (SSSR count). The van der Waals surface area contributed by atoms with Crippen LogP contribution in [0.2, 0.25) is 0 Å². The summed E-state index contributed by atoms with van der Waals surface area (Å²) in [6, 6.07) is 11.0. The number of hydrogen-bond donors (Lipinski definition) is 0. The van der Waals surface area contributed by atoms with Crippen LogP contribution in [0.3, 0.4) is 0 Å². The Labute approximate surface area is 59.3 Å². The highest BCUT2D eigenvalue weighted by Gasteiger charge is 1.86. The zero-order chi connectivity index (χ0) is 6.81. The molecule has 0 spiro atoms. The van der Waals surface area contributed by atoms with Crippen molar-refractivity contribution in [2.24, 2.45) is 0 Å². The molecule has 0 unspecified atom stereocenters. The predicted molar refractivity (Wildman–Crippen MR) is 40.6 cm³/mol. The smallest absolute Gasteiger partial charge is 0.0352 e. The summed E-state index contributed by atoms with van der Waals surface area (Å²) in [5.74, 6) is 0. The number of benzene rings is 1. The first kappa shape index (κ1) is 5.42. The van der Waals surface area contributed by atoms with Gasteiger partial charge in [0.1, 0.15) is 0 Å². The Morgan fingerprint density at radius 1 is 1.30 bits per heavy atom. The average molecular weight is 128 g/mol. The molecule has 47 valence electrons. The Kier molecular flexibility index (Phi) is 1.14. The number of pyridine rings is 1. The van der Waals surface area contributed by atoms with Crippen LogP contribution in [-0.4, -0.2) is 4.98 Å². The van der Waals surface area contributed by atoms with Gasteiger partial charge in [-0.3, -0.25) is 4.98 Å². The maximum Gasteiger partial charge on any atom is 0.0352 e.